The lowest BCUT2D eigenvalue weighted by Gasteiger charge is -2.12. The van der Waals surface area contributed by atoms with E-state index in [1.807, 2.05) is 0 Å². The van der Waals surface area contributed by atoms with E-state index in [4.69, 9.17) is 0 Å². The van der Waals surface area contributed by atoms with E-state index in [9.17, 15) is 4.79 Å². The molecule has 0 radical (unpaired) electrons. The summed E-state index contributed by atoms with van der Waals surface area (Å²) in [5.74, 6) is 0.671. The predicted octanol–water partition coefficient (Wildman–Crippen LogP) is 0.617. The molecule has 3 rings (SSSR count). The first kappa shape index (κ1) is 12.4. The topological polar surface area (TPSA) is 69.8 Å². The van der Waals surface area contributed by atoms with E-state index in [1.54, 1.807) is 0 Å². The molecule has 6 heteroatoms. The Labute approximate surface area is 106 Å². The van der Waals surface area contributed by atoms with Crippen LogP contribution < -0.4 is 10.6 Å². The Morgan fingerprint density at radius 3 is 3.06 bits per heavy atom. The van der Waals surface area contributed by atoms with E-state index in [-0.39, 0.29) is 18.3 Å². The van der Waals surface area contributed by atoms with Crippen molar-refractivity contribution in [2.75, 3.05) is 13.1 Å². The summed E-state index contributed by atoms with van der Waals surface area (Å²) in [6.07, 6.45) is 3.43. The fourth-order valence-corrected chi connectivity index (χ4v) is 2.06. The number of aromatic amines is 1. The number of aromatic nitrogens is 2. The zero-order chi connectivity index (χ0) is 11.0. The quantitative estimate of drug-likeness (QED) is 0.743. The summed E-state index contributed by atoms with van der Waals surface area (Å²) in [5, 5.41) is 13.3. The molecule has 1 aliphatic carbocycles. The van der Waals surface area contributed by atoms with E-state index in [0.29, 0.717) is 11.6 Å². The number of amides is 1. The van der Waals surface area contributed by atoms with Crippen molar-refractivity contribution in [3.63, 3.8) is 0 Å². The van der Waals surface area contributed by atoms with E-state index in [2.05, 4.69) is 20.8 Å². The molecule has 5 nitrogen and oxygen atoms in total. The second-order valence-corrected chi connectivity index (χ2v) is 4.61. The van der Waals surface area contributed by atoms with Crippen molar-refractivity contribution in [1.29, 1.82) is 0 Å². The van der Waals surface area contributed by atoms with Crippen LogP contribution in [0.25, 0.3) is 0 Å². The van der Waals surface area contributed by atoms with Crippen LogP contribution in [-0.2, 0) is 13.0 Å². The maximum absolute atomic E-state index is 11.9. The minimum Gasteiger partial charge on any atom is -0.350 e. The summed E-state index contributed by atoms with van der Waals surface area (Å²) in [7, 11) is 0. The normalized spacial score (nSPS) is 18.1. The largest absolute Gasteiger partial charge is 0.350 e. The van der Waals surface area contributed by atoms with Gasteiger partial charge in [0.2, 0.25) is 0 Å². The third kappa shape index (κ3) is 2.61. The Hall–Kier alpha value is -1.07. The van der Waals surface area contributed by atoms with Crippen LogP contribution in [0.2, 0.25) is 0 Å². The maximum atomic E-state index is 11.9. The smallest absolute Gasteiger partial charge is 0.272 e. The van der Waals surface area contributed by atoms with Gasteiger partial charge in [-0.05, 0) is 18.8 Å². The molecule has 2 heterocycles. The molecule has 94 valence electrons. The zero-order valence-electron chi connectivity index (χ0n) is 9.58. The number of halogens is 1. The van der Waals surface area contributed by atoms with Crippen molar-refractivity contribution >= 4 is 18.3 Å². The Bertz CT molecular complexity index is 414. The molecule has 0 spiro atoms. The average Bonchev–Trinajstić information content (AvgIpc) is 3.04. The number of fused-ring (bicyclic) bond motifs is 1. The Kier molecular flexibility index (Phi) is 3.69. The first-order chi connectivity index (χ1) is 7.84. The van der Waals surface area contributed by atoms with Gasteiger partial charge in [0, 0.05) is 37.3 Å². The number of nitrogens with one attached hydrogen (secondary N) is 3. The number of nitrogens with zero attached hydrogens (tertiary/aromatic N) is 1. The molecule has 2 aliphatic rings. The van der Waals surface area contributed by atoms with Crippen LogP contribution in [0.15, 0.2) is 0 Å². The van der Waals surface area contributed by atoms with Crippen LogP contribution in [0.1, 0.15) is 34.6 Å². The third-order valence-corrected chi connectivity index (χ3v) is 3.27. The lowest BCUT2D eigenvalue weighted by molar-refractivity contribution is 0.0945. The molecule has 1 amide bonds. The second-order valence-electron chi connectivity index (χ2n) is 4.61. The monoisotopic (exact) mass is 256 g/mol. The molecule has 0 saturated heterocycles. The van der Waals surface area contributed by atoms with Crippen LogP contribution in [-0.4, -0.2) is 29.2 Å². The van der Waals surface area contributed by atoms with Gasteiger partial charge < -0.3 is 10.6 Å². The van der Waals surface area contributed by atoms with Gasteiger partial charge in [0.15, 0.2) is 5.69 Å². The van der Waals surface area contributed by atoms with Crippen LogP contribution in [0.4, 0.5) is 0 Å². The van der Waals surface area contributed by atoms with Crippen molar-refractivity contribution in [3.05, 3.63) is 17.0 Å². The molecule has 0 bridgehead atoms. The number of hydrogen-bond acceptors (Lipinski definition) is 3. The maximum Gasteiger partial charge on any atom is 0.272 e. The number of carbonyl (C=O) groups is 1. The molecule has 1 saturated carbocycles. The number of hydrogen-bond donors (Lipinski definition) is 3. The van der Waals surface area contributed by atoms with Crippen LogP contribution in [0, 0.1) is 5.92 Å². The summed E-state index contributed by atoms with van der Waals surface area (Å²) in [6.45, 7) is 2.50. The van der Waals surface area contributed by atoms with Crippen molar-refractivity contribution in [3.8, 4) is 0 Å². The summed E-state index contributed by atoms with van der Waals surface area (Å²) in [4.78, 5) is 11.9. The van der Waals surface area contributed by atoms with E-state index in [1.165, 1.54) is 12.8 Å². The molecule has 1 aromatic heterocycles. The fraction of sp³-hybridized carbons (Fsp3) is 0.636. The molecule has 1 aromatic rings. The van der Waals surface area contributed by atoms with Gasteiger partial charge in [-0.3, -0.25) is 9.89 Å². The van der Waals surface area contributed by atoms with Gasteiger partial charge in [-0.2, -0.15) is 5.10 Å². The first-order valence-electron chi connectivity index (χ1n) is 5.89. The second kappa shape index (κ2) is 5.06. The van der Waals surface area contributed by atoms with Gasteiger partial charge in [-0.25, -0.2) is 0 Å². The standard InChI is InChI=1S/C11H16N4O.ClH/c16-11(13-5-7-1-2-7)10-8-6-12-4-3-9(8)14-15-10;/h7,12H,1-6H2,(H,13,16)(H,14,15);1H. The molecular formula is C11H17ClN4O. The average molecular weight is 257 g/mol. The lowest BCUT2D eigenvalue weighted by Crippen LogP contribution is -2.29. The van der Waals surface area contributed by atoms with E-state index < -0.39 is 0 Å². The molecule has 3 N–H and O–H groups in total. The molecule has 0 aromatic carbocycles. The molecule has 0 atom stereocenters. The third-order valence-electron chi connectivity index (χ3n) is 3.27. The van der Waals surface area contributed by atoms with Crippen molar-refractivity contribution in [1.82, 2.24) is 20.8 Å². The number of rotatable bonds is 3. The highest BCUT2D eigenvalue weighted by Gasteiger charge is 2.25. The summed E-state index contributed by atoms with van der Waals surface area (Å²) in [5.41, 5.74) is 2.72. The highest BCUT2D eigenvalue weighted by Crippen LogP contribution is 2.27. The van der Waals surface area contributed by atoms with Gasteiger partial charge in [-0.15, -0.1) is 12.4 Å². The highest BCUT2D eigenvalue weighted by molar-refractivity contribution is 5.94. The minimum absolute atomic E-state index is 0. The van der Waals surface area contributed by atoms with E-state index >= 15 is 0 Å². The Balaban J connectivity index is 0.00000108. The van der Waals surface area contributed by atoms with Gasteiger partial charge in [-0.1, -0.05) is 0 Å². The molecular weight excluding hydrogens is 240 g/mol. The van der Waals surface area contributed by atoms with Crippen LogP contribution in [0.5, 0.6) is 0 Å². The van der Waals surface area contributed by atoms with Gasteiger partial charge >= 0.3 is 0 Å². The predicted molar refractivity (Wildman–Crippen MR) is 66.3 cm³/mol. The molecule has 1 fully saturated rings. The van der Waals surface area contributed by atoms with Gasteiger partial charge in [0.1, 0.15) is 0 Å². The Morgan fingerprint density at radius 1 is 1.47 bits per heavy atom. The number of carbonyl (C=O) groups excluding carboxylic acids is 1. The van der Waals surface area contributed by atoms with Gasteiger partial charge in [0.25, 0.3) is 5.91 Å². The number of H-pyrrole nitrogens is 1. The Morgan fingerprint density at radius 2 is 2.29 bits per heavy atom. The SMILES string of the molecule is Cl.O=C(NCC1CC1)c1n[nH]c2c1CNCC2. The molecule has 0 unspecified atom stereocenters. The van der Waals surface area contributed by atoms with Crippen molar-refractivity contribution < 1.29 is 4.79 Å². The van der Waals surface area contributed by atoms with Crippen molar-refractivity contribution in [2.45, 2.75) is 25.8 Å². The summed E-state index contributed by atoms with van der Waals surface area (Å²) >= 11 is 0. The lowest BCUT2D eigenvalue weighted by atomic mass is 10.1. The van der Waals surface area contributed by atoms with Crippen LogP contribution in [0.3, 0.4) is 0 Å². The summed E-state index contributed by atoms with van der Waals surface area (Å²) in [6, 6.07) is 0. The first-order valence-corrected chi connectivity index (χ1v) is 5.89. The minimum atomic E-state index is -0.0342. The van der Waals surface area contributed by atoms with Crippen LogP contribution >= 0.6 is 12.4 Å². The van der Waals surface area contributed by atoms with Crippen molar-refractivity contribution in [2.24, 2.45) is 5.92 Å². The fourth-order valence-electron chi connectivity index (χ4n) is 2.06. The molecule has 17 heavy (non-hydrogen) atoms. The van der Waals surface area contributed by atoms with Gasteiger partial charge in [0.05, 0.1) is 0 Å². The highest BCUT2D eigenvalue weighted by atomic mass is 35.5. The molecule has 1 aliphatic heterocycles. The zero-order valence-corrected chi connectivity index (χ0v) is 10.4. The van der Waals surface area contributed by atoms with E-state index in [0.717, 1.165) is 37.3 Å². The summed E-state index contributed by atoms with van der Waals surface area (Å²) < 4.78 is 0.